The quantitative estimate of drug-likeness (QED) is 0.779. The summed E-state index contributed by atoms with van der Waals surface area (Å²) in [5.41, 5.74) is 0.274. The van der Waals surface area contributed by atoms with E-state index in [1.165, 1.54) is 0 Å². The zero-order valence-electron chi connectivity index (χ0n) is 11.9. The highest BCUT2D eigenvalue weighted by Crippen LogP contribution is 2.24. The fourth-order valence-corrected chi connectivity index (χ4v) is 2.27. The minimum Gasteiger partial charge on any atom is -0.492 e. The van der Waals surface area contributed by atoms with Gasteiger partial charge in [0.05, 0.1) is 11.7 Å². The van der Waals surface area contributed by atoms with Crippen LogP contribution in [0.5, 0.6) is 5.75 Å². The molecule has 0 aromatic heterocycles. The molecule has 20 heavy (non-hydrogen) atoms. The third-order valence-electron chi connectivity index (χ3n) is 3.89. The first-order valence-corrected chi connectivity index (χ1v) is 6.84. The number of rotatable bonds is 6. The second-order valence-electron chi connectivity index (χ2n) is 5.29. The Morgan fingerprint density at radius 1 is 1.50 bits per heavy atom. The molecule has 1 aromatic rings. The van der Waals surface area contributed by atoms with Crippen LogP contribution in [0, 0.1) is 0 Å². The van der Waals surface area contributed by atoms with Gasteiger partial charge in [-0.3, -0.25) is 0 Å². The van der Waals surface area contributed by atoms with Gasteiger partial charge in [-0.15, -0.1) is 0 Å². The van der Waals surface area contributed by atoms with Crippen LogP contribution >= 0.6 is 0 Å². The predicted molar refractivity (Wildman–Crippen MR) is 75.3 cm³/mol. The van der Waals surface area contributed by atoms with Gasteiger partial charge in [0.1, 0.15) is 12.4 Å². The zero-order chi connectivity index (χ0) is 14.6. The molecule has 1 aliphatic rings. The lowest BCUT2D eigenvalue weighted by molar-refractivity contribution is 0.0697. The second-order valence-corrected chi connectivity index (χ2v) is 5.29. The van der Waals surface area contributed by atoms with Gasteiger partial charge in [-0.25, -0.2) is 4.79 Å². The number of aromatic carboxylic acids is 1. The third kappa shape index (κ3) is 3.49. The van der Waals surface area contributed by atoms with Crippen LogP contribution in [0.15, 0.2) is 24.3 Å². The topological polar surface area (TPSA) is 67.8 Å². The van der Waals surface area contributed by atoms with Crippen molar-refractivity contribution in [2.75, 3.05) is 19.8 Å². The standard InChI is InChI=1S/C15H21NO4/c1-11-15(2,7-9-19-11)16-8-10-20-13-5-3-12(4-6-13)14(17)18/h3-6,11,16H,7-10H2,1-2H3,(H,17,18). The minimum absolute atomic E-state index is 0.0104. The van der Waals surface area contributed by atoms with Gasteiger partial charge < -0.3 is 19.9 Å². The molecule has 1 aliphatic heterocycles. The fraction of sp³-hybridized carbons (Fsp3) is 0.533. The van der Waals surface area contributed by atoms with Crippen molar-refractivity contribution in [3.8, 4) is 5.75 Å². The van der Waals surface area contributed by atoms with E-state index in [2.05, 4.69) is 19.2 Å². The SMILES string of the molecule is CC1OCCC1(C)NCCOc1ccc(C(=O)O)cc1. The van der Waals surface area contributed by atoms with Crippen LogP contribution in [0.4, 0.5) is 0 Å². The maximum absolute atomic E-state index is 10.7. The van der Waals surface area contributed by atoms with Crippen molar-refractivity contribution in [3.05, 3.63) is 29.8 Å². The van der Waals surface area contributed by atoms with Crippen LogP contribution in [-0.4, -0.2) is 42.5 Å². The molecule has 0 bridgehead atoms. The van der Waals surface area contributed by atoms with E-state index in [1.807, 2.05) is 0 Å². The highest BCUT2D eigenvalue weighted by atomic mass is 16.5. The smallest absolute Gasteiger partial charge is 0.335 e. The molecular formula is C15H21NO4. The number of ether oxygens (including phenoxy) is 2. The number of carboxylic acids is 1. The second kappa shape index (κ2) is 6.24. The summed E-state index contributed by atoms with van der Waals surface area (Å²) in [4.78, 5) is 10.7. The first-order chi connectivity index (χ1) is 9.51. The Kier molecular flexibility index (Phi) is 4.62. The number of hydrogen-bond acceptors (Lipinski definition) is 4. The lowest BCUT2D eigenvalue weighted by Crippen LogP contribution is -2.49. The highest BCUT2D eigenvalue weighted by Gasteiger charge is 2.36. The Bertz CT molecular complexity index is 459. The maximum Gasteiger partial charge on any atom is 0.335 e. The van der Waals surface area contributed by atoms with Crippen molar-refractivity contribution < 1.29 is 19.4 Å². The third-order valence-corrected chi connectivity index (χ3v) is 3.89. The van der Waals surface area contributed by atoms with Crippen LogP contribution in [-0.2, 0) is 4.74 Å². The number of benzene rings is 1. The van der Waals surface area contributed by atoms with E-state index < -0.39 is 5.97 Å². The molecule has 0 radical (unpaired) electrons. The van der Waals surface area contributed by atoms with E-state index in [9.17, 15) is 4.79 Å². The van der Waals surface area contributed by atoms with Crippen LogP contribution < -0.4 is 10.1 Å². The Balaban J connectivity index is 1.74. The van der Waals surface area contributed by atoms with Crippen LogP contribution in [0.1, 0.15) is 30.6 Å². The molecular weight excluding hydrogens is 258 g/mol. The zero-order valence-corrected chi connectivity index (χ0v) is 11.9. The van der Waals surface area contributed by atoms with E-state index in [4.69, 9.17) is 14.6 Å². The summed E-state index contributed by atoms with van der Waals surface area (Å²) in [6, 6.07) is 6.43. The predicted octanol–water partition coefficient (Wildman–Crippen LogP) is 1.92. The molecule has 5 heteroatoms. The molecule has 2 N–H and O–H groups in total. The van der Waals surface area contributed by atoms with E-state index in [0.29, 0.717) is 12.4 Å². The Morgan fingerprint density at radius 2 is 2.20 bits per heavy atom. The highest BCUT2D eigenvalue weighted by molar-refractivity contribution is 5.87. The molecule has 0 amide bonds. The average Bonchev–Trinajstić information content (AvgIpc) is 2.76. The minimum atomic E-state index is -0.929. The van der Waals surface area contributed by atoms with E-state index in [1.54, 1.807) is 24.3 Å². The maximum atomic E-state index is 10.7. The molecule has 1 saturated heterocycles. The molecule has 1 fully saturated rings. The summed E-state index contributed by atoms with van der Waals surface area (Å²) < 4.78 is 11.1. The van der Waals surface area contributed by atoms with Gasteiger partial charge in [-0.2, -0.15) is 0 Å². The molecule has 0 aliphatic carbocycles. The molecule has 0 spiro atoms. The number of carboxylic acid groups (broad SMARTS) is 1. The normalized spacial score (nSPS) is 25.6. The van der Waals surface area contributed by atoms with Gasteiger partial charge >= 0.3 is 5.97 Å². The van der Waals surface area contributed by atoms with Crippen molar-refractivity contribution in [3.63, 3.8) is 0 Å². The molecule has 110 valence electrons. The van der Waals surface area contributed by atoms with Gasteiger partial charge in [-0.1, -0.05) is 0 Å². The van der Waals surface area contributed by atoms with Gasteiger partial charge in [0.15, 0.2) is 0 Å². The number of nitrogens with one attached hydrogen (secondary N) is 1. The first-order valence-electron chi connectivity index (χ1n) is 6.84. The Morgan fingerprint density at radius 3 is 2.75 bits per heavy atom. The summed E-state index contributed by atoms with van der Waals surface area (Å²) in [6.07, 6.45) is 1.21. The monoisotopic (exact) mass is 279 g/mol. The molecule has 1 heterocycles. The average molecular weight is 279 g/mol. The summed E-state index contributed by atoms with van der Waals surface area (Å²) in [5.74, 6) is -0.251. The Hall–Kier alpha value is -1.59. The summed E-state index contributed by atoms with van der Waals surface area (Å²) >= 11 is 0. The Labute approximate surface area is 118 Å². The van der Waals surface area contributed by atoms with Crippen LogP contribution in [0.25, 0.3) is 0 Å². The van der Waals surface area contributed by atoms with Gasteiger partial charge in [0.2, 0.25) is 0 Å². The number of carbonyl (C=O) groups is 1. The molecule has 5 nitrogen and oxygen atoms in total. The van der Waals surface area contributed by atoms with Crippen LogP contribution in [0.2, 0.25) is 0 Å². The molecule has 2 atom stereocenters. The molecule has 2 rings (SSSR count). The van der Waals surface area contributed by atoms with Gasteiger partial charge in [0, 0.05) is 18.7 Å². The largest absolute Gasteiger partial charge is 0.492 e. The summed E-state index contributed by atoms with van der Waals surface area (Å²) in [7, 11) is 0. The van der Waals surface area contributed by atoms with Crippen molar-refractivity contribution in [2.45, 2.75) is 31.9 Å². The number of hydrogen-bond donors (Lipinski definition) is 2. The van der Waals surface area contributed by atoms with Crippen molar-refractivity contribution >= 4 is 5.97 Å². The summed E-state index contributed by atoms with van der Waals surface area (Å²) in [5, 5.41) is 12.3. The first kappa shape index (κ1) is 14.8. The van der Waals surface area contributed by atoms with Crippen molar-refractivity contribution in [1.29, 1.82) is 0 Å². The van der Waals surface area contributed by atoms with Crippen molar-refractivity contribution in [1.82, 2.24) is 5.32 Å². The lowest BCUT2D eigenvalue weighted by atomic mass is 9.95. The lowest BCUT2D eigenvalue weighted by Gasteiger charge is -2.29. The van der Waals surface area contributed by atoms with E-state index >= 15 is 0 Å². The van der Waals surface area contributed by atoms with Gasteiger partial charge in [-0.05, 0) is 44.5 Å². The van der Waals surface area contributed by atoms with E-state index in [-0.39, 0.29) is 17.2 Å². The van der Waals surface area contributed by atoms with Gasteiger partial charge in [0.25, 0.3) is 0 Å². The molecule has 0 saturated carbocycles. The molecule has 2 unspecified atom stereocenters. The fourth-order valence-electron chi connectivity index (χ4n) is 2.27. The van der Waals surface area contributed by atoms with E-state index in [0.717, 1.165) is 19.6 Å². The van der Waals surface area contributed by atoms with Crippen LogP contribution in [0.3, 0.4) is 0 Å². The molecule has 1 aromatic carbocycles. The van der Waals surface area contributed by atoms with Crippen molar-refractivity contribution in [2.24, 2.45) is 0 Å². The summed E-state index contributed by atoms with van der Waals surface area (Å²) in [6.45, 7) is 6.29.